The van der Waals surface area contributed by atoms with Gasteiger partial charge in [0.15, 0.2) is 5.82 Å². The topological polar surface area (TPSA) is 83.1 Å². The molecule has 26 heavy (non-hydrogen) atoms. The first-order valence-electron chi connectivity index (χ1n) is 8.55. The number of benzene rings is 2. The molecule has 0 spiro atoms. The summed E-state index contributed by atoms with van der Waals surface area (Å²) in [5.41, 5.74) is 6.94. The van der Waals surface area contributed by atoms with Crippen LogP contribution in [-0.2, 0) is 6.42 Å². The predicted octanol–water partition coefficient (Wildman–Crippen LogP) is 4.13. The van der Waals surface area contributed by atoms with E-state index in [1.165, 1.54) is 0 Å². The van der Waals surface area contributed by atoms with E-state index >= 15 is 0 Å². The second-order valence-corrected chi connectivity index (χ2v) is 6.18. The summed E-state index contributed by atoms with van der Waals surface area (Å²) in [5, 5.41) is 0. The molecule has 0 aliphatic heterocycles. The number of aromatic amines is 2. The largest absolute Gasteiger partial charge is 0.342 e. The average Bonchev–Trinajstić information content (AvgIpc) is 3.31. The number of nitrogens with one attached hydrogen (secondary N) is 2. The van der Waals surface area contributed by atoms with E-state index in [-0.39, 0.29) is 0 Å². The molecule has 3 aromatic heterocycles. The van der Waals surface area contributed by atoms with Crippen molar-refractivity contribution in [1.82, 2.24) is 29.9 Å². The standard InChI is InChI=1S/C20H16N6/c1-2-19-23-14-5-3-12(9-16(14)24-19)13-4-6-15-17(10-13)26-20(25-15)18-11-21-7-8-22-18/h3-11H,2H2,1H3,(H,23,24)(H,25,26). The first-order valence-corrected chi connectivity index (χ1v) is 8.55. The summed E-state index contributed by atoms with van der Waals surface area (Å²) in [5.74, 6) is 1.73. The predicted molar refractivity (Wildman–Crippen MR) is 102 cm³/mol. The number of aromatic nitrogens is 6. The summed E-state index contributed by atoms with van der Waals surface area (Å²) < 4.78 is 0. The molecule has 5 rings (SSSR count). The van der Waals surface area contributed by atoms with E-state index in [1.54, 1.807) is 18.6 Å². The van der Waals surface area contributed by atoms with Crippen molar-refractivity contribution in [2.45, 2.75) is 13.3 Å². The molecule has 0 saturated heterocycles. The first-order chi connectivity index (χ1) is 12.8. The first kappa shape index (κ1) is 14.8. The smallest absolute Gasteiger partial charge is 0.158 e. The van der Waals surface area contributed by atoms with Crippen LogP contribution in [0.4, 0.5) is 0 Å². The Morgan fingerprint density at radius 2 is 1.58 bits per heavy atom. The molecular formula is C20H16N6. The molecule has 0 amide bonds. The van der Waals surface area contributed by atoms with E-state index in [4.69, 9.17) is 0 Å². The number of hydrogen-bond acceptors (Lipinski definition) is 4. The lowest BCUT2D eigenvalue weighted by molar-refractivity contribution is 1.00. The monoisotopic (exact) mass is 340 g/mol. The molecule has 5 aromatic rings. The molecule has 2 N–H and O–H groups in total. The fourth-order valence-corrected chi connectivity index (χ4v) is 3.14. The fraction of sp³-hybridized carbons (Fsp3) is 0.100. The third kappa shape index (κ3) is 2.43. The maximum absolute atomic E-state index is 4.61. The molecule has 0 saturated carbocycles. The van der Waals surface area contributed by atoms with Gasteiger partial charge in [0.25, 0.3) is 0 Å². The molecule has 0 radical (unpaired) electrons. The van der Waals surface area contributed by atoms with Crippen LogP contribution in [0.1, 0.15) is 12.7 Å². The van der Waals surface area contributed by atoms with Gasteiger partial charge in [-0.3, -0.25) is 4.98 Å². The molecule has 0 fully saturated rings. The maximum Gasteiger partial charge on any atom is 0.158 e. The van der Waals surface area contributed by atoms with Crippen molar-refractivity contribution >= 4 is 22.1 Å². The van der Waals surface area contributed by atoms with Crippen LogP contribution in [0.5, 0.6) is 0 Å². The SMILES string of the molecule is CCc1nc2ccc(-c3ccc4nc(-c5cnccn5)[nH]c4c3)cc2[nH]1. The zero-order chi connectivity index (χ0) is 17.5. The number of hydrogen-bond donors (Lipinski definition) is 2. The molecule has 0 unspecified atom stereocenters. The maximum atomic E-state index is 4.61. The molecule has 0 bridgehead atoms. The van der Waals surface area contributed by atoms with Crippen molar-refractivity contribution in [3.8, 4) is 22.6 Å². The van der Waals surface area contributed by atoms with Crippen molar-refractivity contribution in [1.29, 1.82) is 0 Å². The lowest BCUT2D eigenvalue weighted by atomic mass is 10.0. The molecule has 0 aliphatic carbocycles. The van der Waals surface area contributed by atoms with Crippen LogP contribution in [0.2, 0.25) is 0 Å². The fourth-order valence-electron chi connectivity index (χ4n) is 3.14. The second-order valence-electron chi connectivity index (χ2n) is 6.18. The van der Waals surface area contributed by atoms with Crippen molar-refractivity contribution in [2.75, 3.05) is 0 Å². The number of fused-ring (bicyclic) bond motifs is 2. The summed E-state index contributed by atoms with van der Waals surface area (Å²) >= 11 is 0. The zero-order valence-corrected chi connectivity index (χ0v) is 14.2. The Kier molecular flexibility index (Phi) is 3.28. The Labute approximate surface area is 149 Å². The lowest BCUT2D eigenvalue weighted by Crippen LogP contribution is -1.85. The van der Waals surface area contributed by atoms with E-state index < -0.39 is 0 Å². The highest BCUT2D eigenvalue weighted by Crippen LogP contribution is 2.27. The quantitative estimate of drug-likeness (QED) is 0.517. The van der Waals surface area contributed by atoms with Crippen molar-refractivity contribution in [3.05, 3.63) is 60.8 Å². The Balaban J connectivity index is 1.59. The van der Waals surface area contributed by atoms with Gasteiger partial charge in [-0.1, -0.05) is 19.1 Å². The van der Waals surface area contributed by atoms with Crippen molar-refractivity contribution in [2.24, 2.45) is 0 Å². The van der Waals surface area contributed by atoms with E-state index in [9.17, 15) is 0 Å². The molecule has 2 aromatic carbocycles. The van der Waals surface area contributed by atoms with E-state index in [0.29, 0.717) is 0 Å². The van der Waals surface area contributed by atoms with Crippen molar-refractivity contribution < 1.29 is 0 Å². The summed E-state index contributed by atoms with van der Waals surface area (Å²) in [6.45, 7) is 2.10. The van der Waals surface area contributed by atoms with Crippen LogP contribution in [0.25, 0.3) is 44.7 Å². The minimum absolute atomic E-state index is 0.724. The highest BCUT2D eigenvalue weighted by molar-refractivity contribution is 5.87. The van der Waals surface area contributed by atoms with Gasteiger partial charge in [-0.25, -0.2) is 15.0 Å². The van der Waals surface area contributed by atoms with Crippen LogP contribution in [0, 0.1) is 0 Å². The molecular weight excluding hydrogens is 324 g/mol. The number of H-pyrrole nitrogens is 2. The summed E-state index contributed by atoms with van der Waals surface area (Å²) in [6, 6.07) is 12.5. The van der Waals surface area contributed by atoms with Gasteiger partial charge in [-0.05, 0) is 35.4 Å². The highest BCUT2D eigenvalue weighted by atomic mass is 15.0. The normalized spacial score (nSPS) is 11.4. The van der Waals surface area contributed by atoms with Gasteiger partial charge in [-0.15, -0.1) is 0 Å². The molecule has 0 aliphatic rings. The third-order valence-corrected chi connectivity index (χ3v) is 4.49. The zero-order valence-electron chi connectivity index (χ0n) is 14.2. The molecule has 6 heteroatoms. The second kappa shape index (κ2) is 5.77. The third-order valence-electron chi connectivity index (χ3n) is 4.49. The van der Waals surface area contributed by atoms with Gasteiger partial charge < -0.3 is 9.97 Å². The van der Waals surface area contributed by atoms with E-state index in [0.717, 1.165) is 57.0 Å². The van der Waals surface area contributed by atoms with Gasteiger partial charge in [0.1, 0.15) is 11.5 Å². The minimum atomic E-state index is 0.724. The summed E-state index contributed by atoms with van der Waals surface area (Å²) in [7, 11) is 0. The lowest BCUT2D eigenvalue weighted by Gasteiger charge is -2.01. The van der Waals surface area contributed by atoms with Gasteiger partial charge in [0, 0.05) is 18.8 Å². The Morgan fingerprint density at radius 3 is 2.27 bits per heavy atom. The minimum Gasteiger partial charge on any atom is -0.342 e. The van der Waals surface area contributed by atoms with Crippen LogP contribution in [0.15, 0.2) is 55.0 Å². The Hall–Kier alpha value is -3.54. The number of aryl methyl sites for hydroxylation is 1. The van der Waals surface area contributed by atoms with Gasteiger partial charge in [0.2, 0.25) is 0 Å². The molecule has 126 valence electrons. The van der Waals surface area contributed by atoms with Crippen LogP contribution < -0.4 is 0 Å². The molecule has 6 nitrogen and oxygen atoms in total. The van der Waals surface area contributed by atoms with E-state index in [2.05, 4.69) is 67.2 Å². The molecule has 0 atom stereocenters. The van der Waals surface area contributed by atoms with E-state index in [1.807, 2.05) is 6.07 Å². The van der Waals surface area contributed by atoms with Gasteiger partial charge in [0.05, 0.1) is 28.3 Å². The highest BCUT2D eigenvalue weighted by Gasteiger charge is 2.09. The van der Waals surface area contributed by atoms with Crippen LogP contribution >= 0.6 is 0 Å². The number of nitrogens with zero attached hydrogens (tertiary/aromatic N) is 4. The van der Waals surface area contributed by atoms with Gasteiger partial charge in [-0.2, -0.15) is 0 Å². The number of imidazole rings is 2. The van der Waals surface area contributed by atoms with Crippen LogP contribution in [-0.4, -0.2) is 29.9 Å². The number of rotatable bonds is 3. The van der Waals surface area contributed by atoms with Crippen molar-refractivity contribution in [3.63, 3.8) is 0 Å². The van der Waals surface area contributed by atoms with Gasteiger partial charge >= 0.3 is 0 Å². The Bertz CT molecular complexity index is 1220. The Morgan fingerprint density at radius 1 is 0.846 bits per heavy atom. The summed E-state index contributed by atoms with van der Waals surface area (Å²) in [6.07, 6.45) is 5.92. The average molecular weight is 340 g/mol. The molecule has 3 heterocycles. The van der Waals surface area contributed by atoms with Crippen LogP contribution in [0.3, 0.4) is 0 Å². The summed E-state index contributed by atoms with van der Waals surface area (Å²) in [4.78, 5) is 24.3.